The zero-order valence-corrected chi connectivity index (χ0v) is 18.6. The van der Waals surface area contributed by atoms with Crippen LogP contribution in [0.2, 0.25) is 0 Å². The first kappa shape index (κ1) is 19.7. The molecular weight excluding hydrogens is 436 g/mol. The first-order chi connectivity index (χ1) is 17.2. The third-order valence-electron chi connectivity index (χ3n) is 6.76. The molecule has 0 radical (unpaired) electrons. The van der Waals surface area contributed by atoms with E-state index in [2.05, 4.69) is 4.98 Å². The van der Waals surface area contributed by atoms with Crippen LogP contribution in [0.3, 0.4) is 0 Å². The van der Waals surface area contributed by atoms with E-state index in [1.54, 1.807) is 24.3 Å². The van der Waals surface area contributed by atoms with E-state index in [4.69, 9.17) is 9.72 Å². The largest absolute Gasteiger partial charge is 0.508 e. The number of ether oxygens (including phenoxy) is 1. The van der Waals surface area contributed by atoms with E-state index >= 15 is 0 Å². The highest BCUT2D eigenvalue weighted by atomic mass is 16.5. The summed E-state index contributed by atoms with van der Waals surface area (Å²) in [6.45, 7) is 0. The van der Waals surface area contributed by atoms with Gasteiger partial charge in [0.2, 0.25) is 0 Å². The molecule has 1 aliphatic rings. The minimum Gasteiger partial charge on any atom is -0.508 e. The van der Waals surface area contributed by atoms with Crippen molar-refractivity contribution >= 4 is 21.5 Å². The molecule has 5 heteroatoms. The number of phenols is 2. The number of aromatic nitrogens is 2. The number of nitrogens with one attached hydrogen (secondary N) is 1. The third-order valence-corrected chi connectivity index (χ3v) is 6.76. The van der Waals surface area contributed by atoms with Gasteiger partial charge in [0.25, 0.3) is 0 Å². The van der Waals surface area contributed by atoms with Gasteiger partial charge in [-0.05, 0) is 57.9 Å². The van der Waals surface area contributed by atoms with Crippen LogP contribution in [0.15, 0.2) is 97.2 Å². The maximum absolute atomic E-state index is 10.1. The molecule has 7 rings (SSSR count). The number of phenolic OH excluding ortho intramolecular Hbond substituents is 2. The van der Waals surface area contributed by atoms with Crippen LogP contribution >= 0.6 is 0 Å². The highest BCUT2D eigenvalue weighted by molar-refractivity contribution is 5.95. The van der Waals surface area contributed by atoms with Crippen LogP contribution in [0.25, 0.3) is 32.9 Å². The summed E-state index contributed by atoms with van der Waals surface area (Å²) in [6.07, 6.45) is 1.89. The van der Waals surface area contributed by atoms with Gasteiger partial charge in [0, 0.05) is 28.6 Å². The van der Waals surface area contributed by atoms with Gasteiger partial charge in [-0.3, -0.25) is 0 Å². The Labute approximate surface area is 200 Å². The number of aromatic amines is 1. The maximum atomic E-state index is 10.1. The number of H-pyrrole nitrogens is 1. The van der Waals surface area contributed by atoms with Gasteiger partial charge in [-0.1, -0.05) is 54.6 Å². The van der Waals surface area contributed by atoms with Crippen molar-refractivity contribution in [2.24, 2.45) is 0 Å². The molecule has 0 saturated heterocycles. The van der Waals surface area contributed by atoms with E-state index in [1.165, 1.54) is 0 Å². The van der Waals surface area contributed by atoms with Gasteiger partial charge in [-0.25, -0.2) is 4.98 Å². The second-order valence-corrected chi connectivity index (χ2v) is 8.85. The fourth-order valence-corrected chi connectivity index (χ4v) is 5.21. The molecule has 3 N–H and O–H groups in total. The van der Waals surface area contributed by atoms with Gasteiger partial charge in [-0.15, -0.1) is 0 Å². The molecule has 0 unspecified atom stereocenters. The second-order valence-electron chi connectivity index (χ2n) is 8.85. The molecule has 0 aliphatic carbocycles. The summed E-state index contributed by atoms with van der Waals surface area (Å²) in [6, 6.07) is 28.7. The molecule has 0 amide bonds. The van der Waals surface area contributed by atoms with Crippen LogP contribution < -0.4 is 4.74 Å². The Hall–Kier alpha value is -4.77. The van der Waals surface area contributed by atoms with Crippen molar-refractivity contribution in [1.82, 2.24) is 9.97 Å². The number of aromatic hydroxyl groups is 2. The van der Waals surface area contributed by atoms with Gasteiger partial charge in [-0.2, -0.15) is 0 Å². The number of imidazole rings is 1. The quantitative estimate of drug-likeness (QED) is 0.260. The fourth-order valence-electron chi connectivity index (χ4n) is 5.21. The standard InChI is InChI=1S/C30H20N2O3/c33-20-8-10-22-18(14-20)6-12-25-27(22)29(24-16-31-30(32-24)17-4-2-1-3-5-17)28-23-11-9-21(34)15-19(23)7-13-26(28)35-25/h1-16,29,33-34H,(H,31,32). The topological polar surface area (TPSA) is 78.4 Å². The molecule has 168 valence electrons. The molecule has 35 heavy (non-hydrogen) atoms. The lowest BCUT2D eigenvalue weighted by molar-refractivity contribution is 0.455. The summed E-state index contributed by atoms with van der Waals surface area (Å²) >= 11 is 0. The van der Waals surface area contributed by atoms with Crippen molar-refractivity contribution < 1.29 is 14.9 Å². The number of fused-ring (bicyclic) bond motifs is 6. The van der Waals surface area contributed by atoms with Crippen molar-refractivity contribution in [2.75, 3.05) is 0 Å². The first-order valence-corrected chi connectivity index (χ1v) is 11.5. The maximum Gasteiger partial charge on any atom is 0.137 e. The monoisotopic (exact) mass is 456 g/mol. The Morgan fingerprint density at radius 1 is 0.686 bits per heavy atom. The summed E-state index contributed by atoms with van der Waals surface area (Å²) in [5.41, 5.74) is 3.98. The smallest absolute Gasteiger partial charge is 0.137 e. The zero-order valence-electron chi connectivity index (χ0n) is 18.6. The van der Waals surface area contributed by atoms with Crippen LogP contribution in [0.1, 0.15) is 22.7 Å². The van der Waals surface area contributed by atoms with Gasteiger partial charge in [0.15, 0.2) is 0 Å². The highest BCUT2D eigenvalue weighted by Gasteiger charge is 2.33. The number of hydrogen-bond acceptors (Lipinski definition) is 4. The Kier molecular flexibility index (Phi) is 4.14. The minimum absolute atomic E-state index is 0.194. The van der Waals surface area contributed by atoms with E-state index in [1.807, 2.05) is 72.9 Å². The van der Waals surface area contributed by atoms with E-state index < -0.39 is 0 Å². The van der Waals surface area contributed by atoms with Crippen molar-refractivity contribution in [2.45, 2.75) is 5.92 Å². The Morgan fingerprint density at radius 2 is 1.29 bits per heavy atom. The zero-order chi connectivity index (χ0) is 23.5. The molecule has 6 aromatic rings. The summed E-state index contributed by atoms with van der Waals surface area (Å²) in [5.74, 6) is 2.59. The highest BCUT2D eigenvalue weighted by Crippen LogP contribution is 2.52. The number of nitrogens with zero attached hydrogens (tertiary/aromatic N) is 1. The molecule has 5 aromatic carbocycles. The third kappa shape index (κ3) is 3.05. The Balaban J connectivity index is 1.54. The molecular formula is C30H20N2O3. The van der Waals surface area contributed by atoms with Crippen molar-refractivity contribution in [3.63, 3.8) is 0 Å². The van der Waals surface area contributed by atoms with Crippen LogP contribution in [-0.4, -0.2) is 20.2 Å². The van der Waals surface area contributed by atoms with Crippen LogP contribution in [0.4, 0.5) is 0 Å². The first-order valence-electron chi connectivity index (χ1n) is 11.5. The molecule has 1 aromatic heterocycles. The fraction of sp³-hybridized carbons (Fsp3) is 0.0333. The lowest BCUT2D eigenvalue weighted by Gasteiger charge is -2.30. The number of rotatable bonds is 2. The summed E-state index contributed by atoms with van der Waals surface area (Å²) < 4.78 is 6.44. The molecule has 0 bridgehead atoms. The van der Waals surface area contributed by atoms with Crippen LogP contribution in [-0.2, 0) is 0 Å². The lowest BCUT2D eigenvalue weighted by Crippen LogP contribution is -2.13. The van der Waals surface area contributed by atoms with E-state index in [0.29, 0.717) is 0 Å². The summed E-state index contributed by atoms with van der Waals surface area (Å²) in [4.78, 5) is 8.29. The van der Waals surface area contributed by atoms with Crippen LogP contribution in [0, 0.1) is 0 Å². The predicted octanol–water partition coefficient (Wildman–Crippen LogP) is 7.08. The summed E-state index contributed by atoms with van der Waals surface area (Å²) in [5, 5.41) is 24.1. The average molecular weight is 457 g/mol. The predicted molar refractivity (Wildman–Crippen MR) is 136 cm³/mol. The molecule has 1 aliphatic heterocycles. The van der Waals surface area contributed by atoms with E-state index in [0.717, 1.165) is 61.3 Å². The van der Waals surface area contributed by atoms with Crippen LogP contribution in [0.5, 0.6) is 23.0 Å². The van der Waals surface area contributed by atoms with Gasteiger partial charge < -0.3 is 19.9 Å². The van der Waals surface area contributed by atoms with Crippen molar-refractivity contribution in [3.8, 4) is 34.4 Å². The average Bonchev–Trinajstić information content (AvgIpc) is 3.37. The summed E-state index contributed by atoms with van der Waals surface area (Å²) in [7, 11) is 0. The Morgan fingerprint density at radius 3 is 1.89 bits per heavy atom. The van der Waals surface area contributed by atoms with Crippen molar-refractivity contribution in [1.29, 1.82) is 0 Å². The molecule has 0 atom stereocenters. The van der Waals surface area contributed by atoms with E-state index in [-0.39, 0.29) is 17.4 Å². The molecule has 0 fully saturated rings. The molecule has 5 nitrogen and oxygen atoms in total. The SMILES string of the molecule is Oc1ccc2c3c(ccc2c1)Oc1ccc2cc(O)ccc2c1C3c1cnc(-c2ccccc2)[nH]1. The Bertz CT molecular complexity index is 1660. The van der Waals surface area contributed by atoms with Gasteiger partial charge >= 0.3 is 0 Å². The van der Waals surface area contributed by atoms with E-state index in [9.17, 15) is 10.2 Å². The molecule has 0 saturated carbocycles. The van der Waals surface area contributed by atoms with Crippen molar-refractivity contribution in [3.05, 3.63) is 114 Å². The van der Waals surface area contributed by atoms with Gasteiger partial charge in [0.1, 0.15) is 28.8 Å². The molecule has 0 spiro atoms. The minimum atomic E-state index is -0.194. The second kappa shape index (κ2) is 7.37. The number of benzene rings is 5. The molecule has 2 heterocycles. The normalized spacial score (nSPS) is 12.9. The number of hydrogen-bond donors (Lipinski definition) is 3. The van der Waals surface area contributed by atoms with Gasteiger partial charge in [0.05, 0.1) is 5.92 Å². The lowest BCUT2D eigenvalue weighted by atomic mass is 9.81.